The lowest BCUT2D eigenvalue weighted by molar-refractivity contribution is -0.535. The molecule has 102 valence electrons. The van der Waals surface area contributed by atoms with Gasteiger partial charge >= 0.3 is 5.97 Å². The van der Waals surface area contributed by atoms with E-state index < -0.39 is 24.0 Å². The third-order valence-corrected chi connectivity index (χ3v) is 3.31. The fraction of sp³-hybridized carbons (Fsp3) is 0.462. The molecule has 6 nitrogen and oxygen atoms in total. The molecule has 0 spiro atoms. The number of hydrogen-bond acceptors (Lipinski definition) is 5. The van der Waals surface area contributed by atoms with Crippen LogP contribution >= 0.6 is 0 Å². The summed E-state index contributed by atoms with van der Waals surface area (Å²) in [6, 6.07) is 8.13. The summed E-state index contributed by atoms with van der Waals surface area (Å²) < 4.78 is 10.1. The molecule has 0 aliphatic carbocycles. The Kier molecular flexibility index (Phi) is 4.11. The van der Waals surface area contributed by atoms with Crippen molar-refractivity contribution in [2.45, 2.75) is 18.6 Å². The van der Waals surface area contributed by atoms with Crippen molar-refractivity contribution < 1.29 is 19.2 Å². The van der Waals surface area contributed by atoms with E-state index >= 15 is 0 Å². The molecule has 2 rings (SSSR count). The molecule has 0 amide bonds. The molecule has 1 saturated heterocycles. The maximum atomic E-state index is 11.3. The van der Waals surface area contributed by atoms with E-state index in [1.54, 1.807) is 12.1 Å². The normalized spacial score (nSPS) is 26.1. The molecule has 0 N–H and O–H groups in total. The highest BCUT2D eigenvalue weighted by molar-refractivity contribution is 5.69. The molecule has 1 aromatic carbocycles. The lowest BCUT2D eigenvalue weighted by Crippen LogP contribution is -2.31. The SMILES string of the molecule is COC(=O)C[C@H]1CO[C@H](c2ccccc2)[C@@H]1[N+](=O)[O-]. The van der Waals surface area contributed by atoms with Gasteiger partial charge in [-0.05, 0) is 5.56 Å². The second-order valence-corrected chi connectivity index (χ2v) is 4.48. The van der Waals surface area contributed by atoms with Crippen molar-refractivity contribution in [3.05, 3.63) is 46.0 Å². The minimum atomic E-state index is -0.915. The summed E-state index contributed by atoms with van der Waals surface area (Å²) in [5.41, 5.74) is 0.761. The topological polar surface area (TPSA) is 78.7 Å². The predicted octanol–water partition coefficient (Wildman–Crippen LogP) is 1.58. The van der Waals surface area contributed by atoms with Crippen LogP contribution in [-0.4, -0.2) is 30.7 Å². The van der Waals surface area contributed by atoms with Gasteiger partial charge in [-0.1, -0.05) is 30.3 Å². The van der Waals surface area contributed by atoms with Crippen molar-refractivity contribution in [3.63, 3.8) is 0 Å². The van der Waals surface area contributed by atoms with Gasteiger partial charge in [0.1, 0.15) is 6.10 Å². The fourth-order valence-corrected chi connectivity index (χ4v) is 2.37. The molecule has 1 aliphatic rings. The van der Waals surface area contributed by atoms with Crippen LogP contribution in [-0.2, 0) is 14.3 Å². The fourth-order valence-electron chi connectivity index (χ4n) is 2.37. The highest BCUT2D eigenvalue weighted by Gasteiger charge is 2.47. The third kappa shape index (κ3) is 2.90. The van der Waals surface area contributed by atoms with Gasteiger partial charge < -0.3 is 9.47 Å². The smallest absolute Gasteiger partial charge is 0.306 e. The Labute approximate surface area is 110 Å². The molecule has 1 aromatic rings. The molecule has 3 atom stereocenters. The van der Waals surface area contributed by atoms with E-state index in [0.29, 0.717) is 0 Å². The maximum Gasteiger partial charge on any atom is 0.306 e. The number of nitrogens with zero attached hydrogens (tertiary/aromatic N) is 1. The van der Waals surface area contributed by atoms with E-state index in [1.807, 2.05) is 18.2 Å². The molecular weight excluding hydrogens is 250 g/mol. The van der Waals surface area contributed by atoms with Crippen molar-refractivity contribution in [1.29, 1.82) is 0 Å². The van der Waals surface area contributed by atoms with Gasteiger partial charge in [0.05, 0.1) is 26.1 Å². The number of rotatable bonds is 4. The average molecular weight is 265 g/mol. The van der Waals surface area contributed by atoms with Crippen LogP contribution in [0, 0.1) is 16.0 Å². The van der Waals surface area contributed by atoms with Crippen molar-refractivity contribution in [3.8, 4) is 0 Å². The van der Waals surface area contributed by atoms with E-state index in [-0.39, 0.29) is 18.0 Å². The monoisotopic (exact) mass is 265 g/mol. The summed E-state index contributed by atoms with van der Waals surface area (Å²) in [5, 5.41) is 11.2. The first-order chi connectivity index (χ1) is 9.13. The second kappa shape index (κ2) is 5.79. The quantitative estimate of drug-likeness (QED) is 0.469. The zero-order chi connectivity index (χ0) is 13.8. The molecule has 0 aromatic heterocycles. The highest BCUT2D eigenvalue weighted by Crippen LogP contribution is 2.36. The standard InChI is InChI=1S/C13H15NO5/c1-18-11(15)7-10-8-19-13(12(10)14(16)17)9-5-3-2-4-6-9/h2-6,10,12-13H,7-8H2,1H3/t10-,12+,13+/m0/s1. The van der Waals surface area contributed by atoms with Crippen LogP contribution in [0.25, 0.3) is 0 Å². The molecule has 0 radical (unpaired) electrons. The van der Waals surface area contributed by atoms with Gasteiger partial charge in [0.2, 0.25) is 6.04 Å². The molecular formula is C13H15NO5. The molecule has 1 heterocycles. The number of nitro groups is 1. The Balaban J connectivity index is 2.18. The second-order valence-electron chi connectivity index (χ2n) is 4.48. The van der Waals surface area contributed by atoms with E-state index in [1.165, 1.54) is 7.11 Å². The van der Waals surface area contributed by atoms with Crippen molar-refractivity contribution in [1.82, 2.24) is 0 Å². The van der Waals surface area contributed by atoms with E-state index in [2.05, 4.69) is 4.74 Å². The van der Waals surface area contributed by atoms with Crippen molar-refractivity contribution in [2.75, 3.05) is 13.7 Å². The number of hydrogen-bond donors (Lipinski definition) is 0. The number of carbonyl (C=O) groups is 1. The number of methoxy groups -OCH3 is 1. The molecule has 0 unspecified atom stereocenters. The minimum absolute atomic E-state index is 0.00544. The summed E-state index contributed by atoms with van der Waals surface area (Å²) in [5.74, 6) is -0.901. The van der Waals surface area contributed by atoms with Crippen LogP contribution in [0.2, 0.25) is 0 Å². The molecule has 6 heteroatoms. The molecule has 1 aliphatic heterocycles. The summed E-state index contributed by atoms with van der Waals surface area (Å²) in [6.07, 6.45) is -0.600. The predicted molar refractivity (Wildman–Crippen MR) is 66.0 cm³/mol. The van der Waals surface area contributed by atoms with Gasteiger partial charge in [0, 0.05) is 4.92 Å². The van der Waals surface area contributed by atoms with Gasteiger partial charge in [-0.25, -0.2) is 0 Å². The van der Waals surface area contributed by atoms with Crippen LogP contribution in [0.15, 0.2) is 30.3 Å². The number of esters is 1. The lowest BCUT2D eigenvalue weighted by atomic mass is 9.92. The Morgan fingerprint density at radius 1 is 1.47 bits per heavy atom. The average Bonchev–Trinajstić information content (AvgIpc) is 2.83. The number of benzene rings is 1. The van der Waals surface area contributed by atoms with Gasteiger partial charge in [0.15, 0.2) is 0 Å². The first-order valence-electron chi connectivity index (χ1n) is 6.00. The van der Waals surface area contributed by atoms with E-state index in [9.17, 15) is 14.9 Å². The van der Waals surface area contributed by atoms with Crippen LogP contribution in [0.5, 0.6) is 0 Å². The first-order valence-corrected chi connectivity index (χ1v) is 6.00. The summed E-state index contributed by atoms with van der Waals surface area (Å²) in [6.45, 7) is 0.195. The molecule has 0 saturated carbocycles. The largest absolute Gasteiger partial charge is 0.469 e. The van der Waals surface area contributed by atoms with Crippen LogP contribution in [0.1, 0.15) is 18.1 Å². The highest BCUT2D eigenvalue weighted by atomic mass is 16.6. The molecule has 1 fully saturated rings. The van der Waals surface area contributed by atoms with Crippen molar-refractivity contribution in [2.24, 2.45) is 5.92 Å². The Morgan fingerprint density at radius 2 is 2.16 bits per heavy atom. The lowest BCUT2D eigenvalue weighted by Gasteiger charge is -2.15. The van der Waals surface area contributed by atoms with E-state index in [4.69, 9.17) is 4.74 Å². The molecule has 19 heavy (non-hydrogen) atoms. The van der Waals surface area contributed by atoms with Crippen molar-refractivity contribution >= 4 is 5.97 Å². The number of ether oxygens (including phenoxy) is 2. The zero-order valence-corrected chi connectivity index (χ0v) is 10.5. The van der Waals surface area contributed by atoms with Crippen LogP contribution in [0.4, 0.5) is 0 Å². The summed E-state index contributed by atoms with van der Waals surface area (Å²) >= 11 is 0. The Morgan fingerprint density at radius 3 is 2.74 bits per heavy atom. The van der Waals surface area contributed by atoms with Crippen LogP contribution < -0.4 is 0 Å². The van der Waals surface area contributed by atoms with Gasteiger partial charge in [0.25, 0.3) is 0 Å². The zero-order valence-electron chi connectivity index (χ0n) is 10.5. The summed E-state index contributed by atoms with van der Waals surface area (Å²) in [4.78, 5) is 22.2. The first kappa shape index (κ1) is 13.5. The summed E-state index contributed by atoms with van der Waals surface area (Å²) in [7, 11) is 1.27. The van der Waals surface area contributed by atoms with Gasteiger partial charge in [-0.3, -0.25) is 14.9 Å². The van der Waals surface area contributed by atoms with Crippen LogP contribution in [0.3, 0.4) is 0 Å². The minimum Gasteiger partial charge on any atom is -0.469 e. The maximum absolute atomic E-state index is 11.3. The van der Waals surface area contributed by atoms with Gasteiger partial charge in [-0.15, -0.1) is 0 Å². The molecule has 0 bridgehead atoms. The number of carbonyl (C=O) groups excluding carboxylic acids is 1. The van der Waals surface area contributed by atoms with Gasteiger partial charge in [-0.2, -0.15) is 0 Å². The third-order valence-electron chi connectivity index (χ3n) is 3.31. The Bertz CT molecular complexity index is 461. The van der Waals surface area contributed by atoms with E-state index in [0.717, 1.165) is 5.56 Å². The Hall–Kier alpha value is -1.95.